The van der Waals surface area contributed by atoms with Crippen molar-refractivity contribution in [3.63, 3.8) is 0 Å². The van der Waals surface area contributed by atoms with E-state index >= 15 is 0 Å². The van der Waals surface area contributed by atoms with E-state index in [2.05, 4.69) is 4.98 Å². The highest BCUT2D eigenvalue weighted by Crippen LogP contribution is 2.41. The lowest BCUT2D eigenvalue weighted by atomic mass is 9.94. The van der Waals surface area contributed by atoms with E-state index in [-0.39, 0.29) is 35.4 Å². The van der Waals surface area contributed by atoms with Gasteiger partial charge in [0, 0.05) is 18.3 Å². The van der Waals surface area contributed by atoms with Gasteiger partial charge in [-0.1, -0.05) is 26.0 Å². The number of rotatable bonds is 7. The highest BCUT2D eigenvalue weighted by Gasteiger charge is 2.45. The van der Waals surface area contributed by atoms with Gasteiger partial charge < -0.3 is 9.84 Å². The molecule has 7 nitrogen and oxygen atoms in total. The third kappa shape index (κ3) is 4.66. The predicted octanol–water partition coefficient (Wildman–Crippen LogP) is 4.16. The standard InChI is InChI=1S/C24H26N2O5/c1-14(2)12-19(27)20-21(18-10-5-6-11-25-18)26(23(29)22(20)28)17-9-7-8-16(13-17)24(30)31-15(3)4/h5-11,13-15,21,28H,12H2,1-4H3. The maximum absolute atomic E-state index is 13.1. The molecule has 7 heteroatoms. The first kappa shape index (κ1) is 22.2. The molecule has 0 radical (unpaired) electrons. The van der Waals surface area contributed by atoms with E-state index in [1.165, 1.54) is 11.0 Å². The summed E-state index contributed by atoms with van der Waals surface area (Å²) in [6, 6.07) is 10.7. The lowest BCUT2D eigenvalue weighted by molar-refractivity contribution is -0.118. The number of carbonyl (C=O) groups excluding carboxylic acids is 3. The number of ketones is 1. The van der Waals surface area contributed by atoms with Crippen molar-refractivity contribution in [3.05, 3.63) is 71.3 Å². The molecule has 0 bridgehead atoms. The van der Waals surface area contributed by atoms with Crippen LogP contribution in [0, 0.1) is 5.92 Å². The van der Waals surface area contributed by atoms with Crippen molar-refractivity contribution in [2.24, 2.45) is 5.92 Å². The molecule has 1 N–H and O–H groups in total. The van der Waals surface area contributed by atoms with Crippen LogP contribution in [0.1, 0.15) is 56.2 Å². The van der Waals surface area contributed by atoms with Crippen molar-refractivity contribution in [1.29, 1.82) is 0 Å². The van der Waals surface area contributed by atoms with Gasteiger partial charge >= 0.3 is 5.97 Å². The summed E-state index contributed by atoms with van der Waals surface area (Å²) in [4.78, 5) is 44.0. The number of ether oxygens (including phenoxy) is 1. The van der Waals surface area contributed by atoms with Crippen LogP contribution >= 0.6 is 0 Å². The average Bonchev–Trinajstić information content (AvgIpc) is 2.99. The summed E-state index contributed by atoms with van der Waals surface area (Å²) >= 11 is 0. The number of carbonyl (C=O) groups is 3. The molecular formula is C24H26N2O5. The highest BCUT2D eigenvalue weighted by molar-refractivity contribution is 6.16. The number of Topliss-reactive ketones (excluding diaryl/α,β-unsaturated/α-hetero) is 1. The molecule has 162 valence electrons. The molecule has 2 heterocycles. The van der Waals surface area contributed by atoms with E-state index in [1.54, 1.807) is 56.4 Å². The van der Waals surface area contributed by atoms with Crippen molar-refractivity contribution >= 4 is 23.3 Å². The van der Waals surface area contributed by atoms with Gasteiger partial charge in [-0.25, -0.2) is 4.79 Å². The topological polar surface area (TPSA) is 96.8 Å². The Hall–Kier alpha value is -3.48. The summed E-state index contributed by atoms with van der Waals surface area (Å²) in [5.74, 6) is -2.08. The maximum Gasteiger partial charge on any atom is 0.338 e. The summed E-state index contributed by atoms with van der Waals surface area (Å²) in [5, 5.41) is 10.6. The molecule has 0 saturated heterocycles. The zero-order chi connectivity index (χ0) is 22.7. The van der Waals surface area contributed by atoms with Gasteiger partial charge in [-0.15, -0.1) is 0 Å². The maximum atomic E-state index is 13.1. The number of benzene rings is 1. The normalized spacial score (nSPS) is 16.4. The van der Waals surface area contributed by atoms with Gasteiger partial charge in [0.2, 0.25) is 0 Å². The Morgan fingerprint density at radius 3 is 2.48 bits per heavy atom. The minimum absolute atomic E-state index is 0.0209. The largest absolute Gasteiger partial charge is 0.503 e. The van der Waals surface area contributed by atoms with E-state index in [0.717, 1.165) is 0 Å². The Morgan fingerprint density at radius 1 is 1.13 bits per heavy atom. The number of pyridine rings is 1. The van der Waals surface area contributed by atoms with Crippen LogP contribution in [0.4, 0.5) is 5.69 Å². The first-order valence-corrected chi connectivity index (χ1v) is 10.2. The van der Waals surface area contributed by atoms with E-state index in [1.807, 2.05) is 13.8 Å². The number of amides is 1. The lowest BCUT2D eigenvalue weighted by Gasteiger charge is -2.26. The number of aliphatic hydroxyl groups excluding tert-OH is 1. The fourth-order valence-corrected chi connectivity index (χ4v) is 3.52. The van der Waals surface area contributed by atoms with E-state index < -0.39 is 23.7 Å². The Balaban J connectivity index is 2.09. The number of esters is 1. The minimum Gasteiger partial charge on any atom is -0.503 e. The van der Waals surface area contributed by atoms with Crippen LogP contribution in [0.25, 0.3) is 0 Å². The van der Waals surface area contributed by atoms with Crippen LogP contribution in [0.3, 0.4) is 0 Å². The van der Waals surface area contributed by atoms with Gasteiger partial charge in [-0.2, -0.15) is 0 Å². The molecule has 0 saturated carbocycles. The Labute approximate surface area is 181 Å². The lowest BCUT2D eigenvalue weighted by Crippen LogP contribution is -2.31. The summed E-state index contributed by atoms with van der Waals surface area (Å²) < 4.78 is 5.25. The fraction of sp³-hybridized carbons (Fsp3) is 0.333. The van der Waals surface area contributed by atoms with Crippen LogP contribution in [-0.4, -0.2) is 33.9 Å². The van der Waals surface area contributed by atoms with Gasteiger partial charge in [0.1, 0.15) is 6.04 Å². The Morgan fingerprint density at radius 2 is 1.87 bits per heavy atom. The number of hydrogen-bond donors (Lipinski definition) is 1. The van der Waals surface area contributed by atoms with Gasteiger partial charge in [0.25, 0.3) is 5.91 Å². The smallest absolute Gasteiger partial charge is 0.338 e. The molecule has 1 aliphatic heterocycles. The molecule has 0 spiro atoms. The zero-order valence-electron chi connectivity index (χ0n) is 18.0. The van der Waals surface area contributed by atoms with Crippen molar-refractivity contribution in [2.75, 3.05) is 4.90 Å². The van der Waals surface area contributed by atoms with Gasteiger partial charge in [-0.05, 0) is 50.1 Å². The molecule has 1 atom stereocenters. The molecule has 1 unspecified atom stereocenters. The highest BCUT2D eigenvalue weighted by atomic mass is 16.5. The average molecular weight is 422 g/mol. The molecule has 31 heavy (non-hydrogen) atoms. The fourth-order valence-electron chi connectivity index (χ4n) is 3.52. The quantitative estimate of drug-likeness (QED) is 0.673. The second kappa shape index (κ2) is 9.12. The molecule has 0 aliphatic carbocycles. The zero-order valence-corrected chi connectivity index (χ0v) is 18.0. The number of hydrogen-bond acceptors (Lipinski definition) is 6. The number of aromatic nitrogens is 1. The Bertz CT molecular complexity index is 1030. The molecule has 1 aromatic heterocycles. The van der Waals surface area contributed by atoms with E-state index in [0.29, 0.717) is 11.4 Å². The molecule has 3 rings (SSSR count). The van der Waals surface area contributed by atoms with E-state index in [4.69, 9.17) is 4.74 Å². The molecule has 2 aromatic rings. The summed E-state index contributed by atoms with van der Waals surface area (Å²) in [5.41, 5.74) is 1.09. The van der Waals surface area contributed by atoms with Gasteiger partial charge in [-0.3, -0.25) is 19.5 Å². The molecular weight excluding hydrogens is 396 g/mol. The first-order chi connectivity index (χ1) is 14.7. The molecule has 1 aromatic carbocycles. The summed E-state index contributed by atoms with van der Waals surface area (Å²) in [7, 11) is 0. The van der Waals surface area contributed by atoms with Crippen molar-refractivity contribution < 1.29 is 24.2 Å². The van der Waals surface area contributed by atoms with Crippen molar-refractivity contribution in [1.82, 2.24) is 4.98 Å². The van der Waals surface area contributed by atoms with Crippen LogP contribution < -0.4 is 4.90 Å². The van der Waals surface area contributed by atoms with Crippen LogP contribution in [0.5, 0.6) is 0 Å². The monoisotopic (exact) mass is 422 g/mol. The Kier molecular flexibility index (Phi) is 6.53. The first-order valence-electron chi connectivity index (χ1n) is 10.2. The van der Waals surface area contributed by atoms with Crippen molar-refractivity contribution in [2.45, 2.75) is 46.3 Å². The second-order valence-corrected chi connectivity index (χ2v) is 8.12. The SMILES string of the molecule is CC(C)CC(=O)C1=C(O)C(=O)N(c2cccc(C(=O)OC(C)C)c2)C1c1ccccn1. The third-order valence-corrected chi connectivity index (χ3v) is 4.77. The van der Waals surface area contributed by atoms with Crippen LogP contribution in [-0.2, 0) is 14.3 Å². The van der Waals surface area contributed by atoms with E-state index in [9.17, 15) is 19.5 Å². The molecule has 1 amide bonds. The predicted molar refractivity (Wildman–Crippen MR) is 116 cm³/mol. The minimum atomic E-state index is -0.892. The number of aliphatic hydroxyl groups is 1. The van der Waals surface area contributed by atoms with Gasteiger partial charge in [0.15, 0.2) is 11.5 Å². The van der Waals surface area contributed by atoms with Crippen LogP contribution in [0.2, 0.25) is 0 Å². The van der Waals surface area contributed by atoms with Gasteiger partial charge in [0.05, 0.1) is 22.9 Å². The van der Waals surface area contributed by atoms with Crippen LogP contribution in [0.15, 0.2) is 60.0 Å². The van der Waals surface area contributed by atoms with Crippen molar-refractivity contribution in [3.8, 4) is 0 Å². The summed E-state index contributed by atoms with van der Waals surface area (Å²) in [6.45, 7) is 7.28. The number of nitrogens with zero attached hydrogens (tertiary/aromatic N) is 2. The molecule has 0 fully saturated rings. The molecule has 1 aliphatic rings. The number of anilines is 1. The summed E-state index contributed by atoms with van der Waals surface area (Å²) in [6.07, 6.45) is 1.45. The second-order valence-electron chi connectivity index (χ2n) is 8.12. The third-order valence-electron chi connectivity index (χ3n) is 4.77.